The molecule has 0 spiro atoms. The molecule has 8 atom stereocenters. The number of carbonyl (C=O) groups excluding carboxylic acids is 10. The summed E-state index contributed by atoms with van der Waals surface area (Å²) in [7, 11) is 0. The van der Waals surface area contributed by atoms with Crippen molar-refractivity contribution in [2.45, 2.75) is 441 Å². The van der Waals surface area contributed by atoms with Gasteiger partial charge in [-0.15, -0.1) is 0 Å². The third-order valence-electron chi connectivity index (χ3n) is 31.1. The summed E-state index contributed by atoms with van der Waals surface area (Å²) < 4.78 is 2.70. The van der Waals surface area contributed by atoms with Gasteiger partial charge in [0.15, 0.2) is 0 Å². The molecule has 8 unspecified atom stereocenters. The Hall–Kier alpha value is -10.4. The molecule has 10 amide bonds. The Bertz CT molecular complexity index is 4770. The molecule has 0 saturated heterocycles. The topological polar surface area (TPSA) is 265 Å². The minimum Gasteiger partial charge on any atom is -0.275 e. The number of amides is 10. The molecule has 6 aromatic rings. The highest BCUT2D eigenvalue weighted by Gasteiger charge is 2.41. The van der Waals surface area contributed by atoms with Crippen LogP contribution in [-0.4, -0.2) is 91.1 Å². The van der Waals surface area contributed by atoms with Crippen LogP contribution in [0.3, 0.4) is 0 Å². The molecule has 21 nitrogen and oxygen atoms in total. The number of hydrogen-bond donors (Lipinski definition) is 0. The van der Waals surface area contributed by atoms with Crippen LogP contribution in [0.1, 0.15) is 428 Å². The lowest BCUT2D eigenvalue weighted by atomic mass is 9.61. The van der Waals surface area contributed by atoms with Crippen LogP contribution in [0.4, 0.5) is 17.1 Å². The number of anilines is 3. The molecule has 0 bridgehead atoms. The average Bonchev–Trinajstić information content (AvgIpc) is 1.58. The second kappa shape index (κ2) is 70.5. The second-order valence-electron chi connectivity index (χ2n) is 42.5. The van der Waals surface area contributed by atoms with E-state index in [1.165, 1.54) is 374 Å². The molecule has 147 heavy (non-hydrogen) atoms. The van der Waals surface area contributed by atoms with Gasteiger partial charge in [0.25, 0.3) is 81.3 Å². The third kappa shape index (κ3) is 40.4. The van der Waals surface area contributed by atoms with Crippen molar-refractivity contribution in [2.75, 3.05) is 27.8 Å². The lowest BCUT2D eigenvalue weighted by molar-refractivity contribution is -0.138. The van der Waals surface area contributed by atoms with Crippen LogP contribution in [0, 0.1) is 47.3 Å². The van der Waals surface area contributed by atoms with Crippen molar-refractivity contribution in [3.05, 3.63) is 205 Å². The SMILES string of the molecule is CCC.CCC.CCCCCCCCC1C(CCCCCC)CCC(CCCCCCCCn2c(=O)c3cc4c(=O)n(CCCCCCCCC5CCC(CCCCCC)C(CCCCCCCC)C5CCCCCCCCN5C(=O)C=CC5=O)c(=O)c4cc3c2=O)C1CCCCCCCCN1C(=O)C=CC1=O.O=C1C=CC(=O)N1c1ccccc1.O=C1C=CC(=O)N1c1ccccc1.O=C1C=CC(=O)N1c1ccccc1. The van der Waals surface area contributed by atoms with Crippen LogP contribution < -0.4 is 36.9 Å². The van der Waals surface area contributed by atoms with Crippen molar-refractivity contribution in [3.8, 4) is 0 Å². The van der Waals surface area contributed by atoms with Gasteiger partial charge >= 0.3 is 0 Å². The van der Waals surface area contributed by atoms with E-state index in [9.17, 15) is 67.1 Å². The van der Waals surface area contributed by atoms with Crippen LogP contribution >= 0.6 is 0 Å². The van der Waals surface area contributed by atoms with Crippen molar-refractivity contribution in [2.24, 2.45) is 47.3 Å². The summed E-state index contributed by atoms with van der Waals surface area (Å²) in [4.78, 5) is 177. The largest absolute Gasteiger partial charge is 0.275 e. The number of nitrogens with zero attached hydrogens (tertiary/aromatic N) is 7. The Morgan fingerprint density at radius 1 is 0.197 bits per heavy atom. The summed E-state index contributed by atoms with van der Waals surface area (Å²) in [6, 6.07) is 29.6. The minimum absolute atomic E-state index is 0.169. The standard InChI is InChI=1S/C90H146N4O8.3C10H7NO2.2C3H8/c1-5-9-13-17-29-41-53-75-71(49-37-15-11-7-3)57-59-73(77(75)55-43-31-21-25-33-45-65-91-83(95)61-62-84(91)96)51-39-27-19-23-35-47-67-93-87(99)79-69-81-82(70-80(79)88(93)100)90(102)94(89(81)101)68-48-36-24-20-28-40-52-74-60-58-72(50-38-16-12-8-4)76(54-42-30-18-14-10-6-2)78(74)56-44-32-22-26-34-46-66-92-85(97)63-64-86(92)98;3*12-9-6-7-10(13)11(9)8-4-2-1-3-5-8;2*1-3-2/h61-64,69-78H,5-60,65-68H2,1-4H3;3*1-7H;2*3H2,1-2H3. The maximum Gasteiger partial charge on any atom is 0.261 e. The number of carbonyl (C=O) groups is 10. The molecule has 2 fully saturated rings. The van der Waals surface area contributed by atoms with Crippen molar-refractivity contribution in [1.82, 2.24) is 18.9 Å². The van der Waals surface area contributed by atoms with Gasteiger partial charge in [-0.1, -0.05) is 405 Å². The fraction of sp³-hybridized carbons (Fsp3) is 0.619. The van der Waals surface area contributed by atoms with Crippen molar-refractivity contribution < 1.29 is 47.9 Å². The molecule has 7 heterocycles. The molecule has 0 N–H and O–H groups in total. The predicted molar refractivity (Wildman–Crippen MR) is 602 cm³/mol. The first-order valence-corrected chi connectivity index (χ1v) is 58.4. The monoisotopic (exact) mass is 2020 g/mol. The van der Waals surface area contributed by atoms with Crippen LogP contribution in [0.25, 0.3) is 21.5 Å². The molecular weight excluding hydrogens is 1840 g/mol. The van der Waals surface area contributed by atoms with Gasteiger partial charge in [-0.3, -0.25) is 86.1 Å². The van der Waals surface area contributed by atoms with E-state index in [-0.39, 0.29) is 103 Å². The summed E-state index contributed by atoms with van der Waals surface area (Å²) in [6.45, 7) is 19.5. The van der Waals surface area contributed by atoms with Crippen LogP contribution in [0.2, 0.25) is 0 Å². The molecule has 5 aliphatic heterocycles. The molecular formula is C126H183N7O14. The Labute approximate surface area is 880 Å². The maximum atomic E-state index is 13.9. The number of rotatable bonds is 63. The first-order chi connectivity index (χ1) is 71.6. The van der Waals surface area contributed by atoms with E-state index in [0.717, 1.165) is 152 Å². The molecule has 21 heteroatoms. The first kappa shape index (κ1) is 122. The fourth-order valence-electron chi connectivity index (χ4n) is 23.3. The van der Waals surface area contributed by atoms with Gasteiger partial charge < -0.3 is 0 Å². The Morgan fingerprint density at radius 2 is 0.367 bits per heavy atom. The first-order valence-electron chi connectivity index (χ1n) is 58.4. The van der Waals surface area contributed by atoms with E-state index in [1.54, 1.807) is 72.8 Å². The van der Waals surface area contributed by atoms with E-state index in [4.69, 9.17) is 0 Å². The van der Waals surface area contributed by atoms with E-state index < -0.39 is 0 Å². The number of benzene rings is 4. The highest BCUT2D eigenvalue weighted by atomic mass is 16.2. The van der Waals surface area contributed by atoms with E-state index in [1.807, 2.05) is 18.2 Å². The molecule has 2 saturated carbocycles. The van der Waals surface area contributed by atoms with Gasteiger partial charge in [0.1, 0.15) is 0 Å². The Balaban J connectivity index is 0.000000469. The van der Waals surface area contributed by atoms with Gasteiger partial charge in [-0.05, 0) is 173 Å². The normalized spacial score (nSPS) is 18.9. The summed E-state index contributed by atoms with van der Waals surface area (Å²) in [5, 5.41) is 1.02. The smallest absolute Gasteiger partial charge is 0.261 e. The molecule has 13 rings (SSSR count). The third-order valence-corrected chi connectivity index (χ3v) is 31.1. The summed E-state index contributed by atoms with van der Waals surface area (Å²) >= 11 is 0. The van der Waals surface area contributed by atoms with E-state index in [0.29, 0.717) is 43.2 Å². The predicted octanol–water partition coefficient (Wildman–Crippen LogP) is 28.8. The lowest BCUT2D eigenvalue weighted by Crippen LogP contribution is -2.35. The highest BCUT2D eigenvalue weighted by molar-refractivity contribution is 6.29. The van der Waals surface area contributed by atoms with Crippen molar-refractivity contribution in [3.63, 3.8) is 0 Å². The fourth-order valence-corrected chi connectivity index (χ4v) is 23.3. The quantitative estimate of drug-likeness (QED) is 0.0254. The van der Waals surface area contributed by atoms with Gasteiger partial charge in [0.05, 0.1) is 38.6 Å². The van der Waals surface area contributed by atoms with Gasteiger partial charge in [-0.2, -0.15) is 0 Å². The van der Waals surface area contributed by atoms with E-state index in [2.05, 4.69) is 55.4 Å². The summed E-state index contributed by atoms with van der Waals surface area (Å²) in [5.41, 5.74) is 0.452. The number of unbranched alkanes of at least 4 members (excludes halogenated alkanes) is 36. The Morgan fingerprint density at radius 3 is 0.578 bits per heavy atom. The zero-order chi connectivity index (χ0) is 106. The minimum atomic E-state index is -0.347. The molecule has 806 valence electrons. The highest BCUT2D eigenvalue weighted by Crippen LogP contribution is 2.50. The number of aromatic nitrogens is 2. The number of imide groups is 5. The zero-order valence-electron chi connectivity index (χ0n) is 91.4. The summed E-state index contributed by atoms with van der Waals surface area (Å²) in [5.74, 6) is 4.35. The number of hydrogen-bond acceptors (Lipinski definition) is 14. The second-order valence-corrected chi connectivity index (χ2v) is 42.5. The van der Waals surface area contributed by atoms with Crippen LogP contribution in [0.5, 0.6) is 0 Å². The van der Waals surface area contributed by atoms with Gasteiger partial charge in [0.2, 0.25) is 0 Å². The number of para-hydroxylation sites is 3. The Kier molecular flexibility index (Phi) is 58.4. The van der Waals surface area contributed by atoms with Crippen molar-refractivity contribution >= 4 is 97.7 Å². The zero-order valence-corrected chi connectivity index (χ0v) is 91.4. The lowest BCUT2D eigenvalue weighted by Gasteiger charge is -2.44. The molecule has 2 aromatic heterocycles. The van der Waals surface area contributed by atoms with Gasteiger partial charge in [-0.25, -0.2) is 14.7 Å². The molecule has 2 aliphatic carbocycles. The summed E-state index contributed by atoms with van der Waals surface area (Å²) in [6.07, 6.45) is 86.1. The van der Waals surface area contributed by atoms with Crippen molar-refractivity contribution in [1.29, 1.82) is 0 Å². The maximum absolute atomic E-state index is 13.9. The van der Waals surface area contributed by atoms with E-state index >= 15 is 0 Å². The van der Waals surface area contributed by atoms with Crippen LogP contribution in [0.15, 0.2) is 183 Å². The number of fused-ring (bicyclic) bond motifs is 2. The van der Waals surface area contributed by atoms with Gasteiger partial charge in [0, 0.05) is 86.9 Å². The van der Waals surface area contributed by atoms with Crippen LogP contribution in [-0.2, 0) is 61.0 Å². The molecule has 0 radical (unpaired) electrons. The molecule has 7 aliphatic rings. The average molecular weight is 2020 g/mol. The molecule has 4 aromatic carbocycles.